The smallest absolute Gasteiger partial charge is 0.317 e. The first-order valence-corrected chi connectivity index (χ1v) is 6.37. The average Bonchev–Trinajstić information content (AvgIpc) is 2.53. The van der Waals surface area contributed by atoms with Gasteiger partial charge in [0.1, 0.15) is 6.10 Å². The van der Waals surface area contributed by atoms with Gasteiger partial charge in [-0.15, -0.1) is 0 Å². The lowest BCUT2D eigenvalue weighted by Crippen LogP contribution is -2.18. The Morgan fingerprint density at radius 1 is 1.05 bits per heavy atom. The molecule has 1 unspecified atom stereocenters. The Bertz CT molecular complexity index is 690. The topological polar surface area (TPSA) is 122 Å². The Hall–Kier alpha value is -3.00. The van der Waals surface area contributed by atoms with Crippen molar-refractivity contribution in [1.29, 1.82) is 0 Å². The Labute approximate surface area is 125 Å². The first-order chi connectivity index (χ1) is 10.5. The number of nitro benzene ring substituents is 2. The van der Waals surface area contributed by atoms with Gasteiger partial charge in [-0.25, -0.2) is 0 Å². The van der Waals surface area contributed by atoms with E-state index in [9.17, 15) is 20.2 Å². The molecule has 22 heavy (non-hydrogen) atoms. The molecule has 0 aliphatic carbocycles. The number of non-ortho nitro benzene ring substituents is 1. The standard InChI is InChI=1S/C14H13N3O5/c15-9-14(10-4-2-1-3-5-10)22-13-7-6-11(16(18)19)8-12(13)17(20)21/h1-8,14H,9,15H2. The second-order valence-electron chi connectivity index (χ2n) is 4.42. The van der Waals surface area contributed by atoms with Crippen LogP contribution in [0.25, 0.3) is 0 Å². The van der Waals surface area contributed by atoms with E-state index in [2.05, 4.69) is 0 Å². The second-order valence-corrected chi connectivity index (χ2v) is 4.42. The fourth-order valence-electron chi connectivity index (χ4n) is 1.93. The third-order valence-electron chi connectivity index (χ3n) is 3.00. The lowest BCUT2D eigenvalue weighted by atomic mass is 10.1. The van der Waals surface area contributed by atoms with Gasteiger partial charge < -0.3 is 10.5 Å². The highest BCUT2D eigenvalue weighted by Crippen LogP contribution is 2.33. The zero-order chi connectivity index (χ0) is 16.1. The number of rotatable bonds is 6. The molecule has 0 saturated heterocycles. The second kappa shape index (κ2) is 6.64. The maximum absolute atomic E-state index is 11.1. The van der Waals surface area contributed by atoms with Crippen molar-refractivity contribution in [2.45, 2.75) is 6.10 Å². The van der Waals surface area contributed by atoms with Gasteiger partial charge in [0.2, 0.25) is 0 Å². The first-order valence-electron chi connectivity index (χ1n) is 6.37. The van der Waals surface area contributed by atoms with Gasteiger partial charge in [0.25, 0.3) is 5.69 Å². The summed E-state index contributed by atoms with van der Waals surface area (Å²) in [6.07, 6.45) is -0.582. The van der Waals surface area contributed by atoms with Crippen LogP contribution in [-0.2, 0) is 0 Å². The zero-order valence-corrected chi connectivity index (χ0v) is 11.4. The van der Waals surface area contributed by atoms with Crippen molar-refractivity contribution in [2.75, 3.05) is 6.54 Å². The first kappa shape index (κ1) is 15.4. The van der Waals surface area contributed by atoms with Crippen molar-refractivity contribution >= 4 is 11.4 Å². The quantitative estimate of drug-likeness (QED) is 0.646. The minimum atomic E-state index is -0.721. The SMILES string of the molecule is NCC(Oc1ccc([N+](=O)[O-])cc1[N+](=O)[O-])c1ccccc1. The Morgan fingerprint density at radius 3 is 2.27 bits per heavy atom. The van der Waals surface area contributed by atoms with Crippen LogP contribution in [0, 0.1) is 20.2 Å². The van der Waals surface area contributed by atoms with Crippen molar-refractivity contribution < 1.29 is 14.6 Å². The van der Waals surface area contributed by atoms with Crippen LogP contribution in [0.5, 0.6) is 5.75 Å². The van der Waals surface area contributed by atoms with Crippen molar-refractivity contribution in [3.63, 3.8) is 0 Å². The van der Waals surface area contributed by atoms with Gasteiger partial charge in [-0.3, -0.25) is 20.2 Å². The van der Waals surface area contributed by atoms with Gasteiger partial charge in [-0.1, -0.05) is 30.3 Å². The van der Waals surface area contributed by atoms with E-state index in [0.717, 1.165) is 17.7 Å². The molecule has 0 radical (unpaired) electrons. The molecule has 114 valence electrons. The van der Waals surface area contributed by atoms with E-state index in [1.54, 1.807) is 24.3 Å². The molecule has 0 bridgehead atoms. The fourth-order valence-corrected chi connectivity index (χ4v) is 1.93. The van der Waals surface area contributed by atoms with Crippen LogP contribution in [0.3, 0.4) is 0 Å². The lowest BCUT2D eigenvalue weighted by Gasteiger charge is -2.17. The maximum Gasteiger partial charge on any atom is 0.317 e. The molecule has 1 atom stereocenters. The fraction of sp³-hybridized carbons (Fsp3) is 0.143. The molecular weight excluding hydrogens is 290 g/mol. The third kappa shape index (κ3) is 3.36. The van der Waals surface area contributed by atoms with Crippen LogP contribution in [0.2, 0.25) is 0 Å². The van der Waals surface area contributed by atoms with Gasteiger partial charge in [0.15, 0.2) is 5.75 Å². The highest BCUT2D eigenvalue weighted by molar-refractivity contribution is 5.53. The number of benzene rings is 2. The summed E-state index contributed by atoms with van der Waals surface area (Å²) in [6, 6.07) is 12.2. The van der Waals surface area contributed by atoms with E-state index >= 15 is 0 Å². The monoisotopic (exact) mass is 303 g/mol. The molecule has 0 aromatic heterocycles. The number of ether oxygens (including phenoxy) is 1. The highest BCUT2D eigenvalue weighted by atomic mass is 16.6. The minimum Gasteiger partial charge on any atom is -0.477 e. The van der Waals surface area contributed by atoms with Gasteiger partial charge in [0.05, 0.1) is 15.9 Å². The molecule has 0 spiro atoms. The van der Waals surface area contributed by atoms with E-state index in [0.29, 0.717) is 0 Å². The van der Waals surface area contributed by atoms with Crippen LogP contribution >= 0.6 is 0 Å². The normalized spacial score (nSPS) is 11.7. The Balaban J connectivity index is 2.35. The number of hydrogen-bond donors (Lipinski definition) is 1. The Kier molecular flexibility index (Phi) is 4.64. The van der Waals surface area contributed by atoms with E-state index in [1.807, 2.05) is 6.07 Å². The minimum absolute atomic E-state index is 0.0603. The molecule has 2 aromatic rings. The van der Waals surface area contributed by atoms with E-state index in [1.165, 1.54) is 6.07 Å². The van der Waals surface area contributed by atoms with Crippen LogP contribution in [0.1, 0.15) is 11.7 Å². The van der Waals surface area contributed by atoms with Crippen molar-refractivity contribution in [1.82, 2.24) is 0 Å². The molecule has 2 N–H and O–H groups in total. The molecule has 8 nitrogen and oxygen atoms in total. The predicted octanol–water partition coefficient (Wildman–Crippen LogP) is 2.58. The van der Waals surface area contributed by atoms with Gasteiger partial charge in [0, 0.05) is 12.6 Å². The molecule has 0 saturated carbocycles. The molecule has 0 fully saturated rings. The largest absolute Gasteiger partial charge is 0.477 e. The molecule has 2 aromatic carbocycles. The molecular formula is C14H13N3O5. The summed E-state index contributed by atoms with van der Waals surface area (Å²) >= 11 is 0. The molecule has 8 heteroatoms. The number of nitrogens with two attached hydrogens (primary N) is 1. The molecule has 0 aliphatic rings. The summed E-state index contributed by atoms with van der Waals surface area (Å²) < 4.78 is 5.59. The zero-order valence-electron chi connectivity index (χ0n) is 11.4. The van der Waals surface area contributed by atoms with Crippen LogP contribution in [0.15, 0.2) is 48.5 Å². The summed E-state index contributed by atoms with van der Waals surface area (Å²) in [4.78, 5) is 20.4. The lowest BCUT2D eigenvalue weighted by molar-refractivity contribution is -0.394. The maximum atomic E-state index is 11.1. The van der Waals surface area contributed by atoms with Gasteiger partial charge in [-0.2, -0.15) is 0 Å². The number of nitro groups is 2. The van der Waals surface area contributed by atoms with Crippen LogP contribution in [-0.4, -0.2) is 16.4 Å². The van der Waals surface area contributed by atoms with Crippen LogP contribution < -0.4 is 10.5 Å². The van der Waals surface area contributed by atoms with E-state index in [-0.39, 0.29) is 18.0 Å². The molecule has 0 amide bonds. The van der Waals surface area contributed by atoms with E-state index in [4.69, 9.17) is 10.5 Å². The summed E-state index contributed by atoms with van der Waals surface area (Å²) in [6.45, 7) is 0.109. The molecule has 0 aliphatic heterocycles. The molecule has 2 rings (SSSR count). The third-order valence-corrected chi connectivity index (χ3v) is 3.00. The summed E-state index contributed by atoms with van der Waals surface area (Å²) in [5.74, 6) is -0.0603. The summed E-state index contributed by atoms with van der Waals surface area (Å²) in [5, 5.41) is 21.8. The van der Waals surface area contributed by atoms with Crippen LogP contribution in [0.4, 0.5) is 11.4 Å². The highest BCUT2D eigenvalue weighted by Gasteiger charge is 2.23. The average molecular weight is 303 g/mol. The van der Waals surface area contributed by atoms with Crippen molar-refractivity contribution in [3.8, 4) is 5.75 Å². The van der Waals surface area contributed by atoms with Gasteiger partial charge >= 0.3 is 5.69 Å². The number of nitrogens with zero attached hydrogens (tertiary/aromatic N) is 2. The summed E-state index contributed by atoms with van der Waals surface area (Å²) in [7, 11) is 0. The predicted molar refractivity (Wildman–Crippen MR) is 78.6 cm³/mol. The molecule has 0 heterocycles. The van der Waals surface area contributed by atoms with Crippen molar-refractivity contribution in [3.05, 3.63) is 74.3 Å². The summed E-state index contributed by atoms with van der Waals surface area (Å²) in [5.41, 5.74) is 5.57. The number of hydrogen-bond acceptors (Lipinski definition) is 6. The Morgan fingerprint density at radius 2 is 1.73 bits per heavy atom. The van der Waals surface area contributed by atoms with E-state index < -0.39 is 21.6 Å². The van der Waals surface area contributed by atoms with Gasteiger partial charge in [-0.05, 0) is 11.6 Å². The van der Waals surface area contributed by atoms with Crippen molar-refractivity contribution in [2.24, 2.45) is 5.73 Å².